The molecule has 1 unspecified atom stereocenters. The third kappa shape index (κ3) is 10.1. The number of hydrogen-bond donors (Lipinski definition) is 2. The van der Waals surface area contributed by atoms with Crippen LogP contribution in [-0.4, -0.2) is 72.0 Å². The molecule has 0 spiro atoms. The number of hydrazine groups is 1. The van der Waals surface area contributed by atoms with Crippen LogP contribution in [0.5, 0.6) is 0 Å². The topological polar surface area (TPSA) is 106 Å². The van der Waals surface area contributed by atoms with E-state index >= 15 is 0 Å². The summed E-state index contributed by atoms with van der Waals surface area (Å²) in [7, 11) is -3.12. The quantitative estimate of drug-likeness (QED) is 0.209. The van der Waals surface area contributed by atoms with Crippen molar-refractivity contribution in [3.63, 3.8) is 0 Å². The highest BCUT2D eigenvalue weighted by molar-refractivity contribution is 6.99. The summed E-state index contributed by atoms with van der Waals surface area (Å²) in [5, 5.41) is 5.75. The maximum absolute atomic E-state index is 14.2. The summed E-state index contributed by atoms with van der Waals surface area (Å²) in [5.74, 6) is -1.16. The molecule has 13 heteroatoms. The van der Waals surface area contributed by atoms with E-state index in [1.807, 2.05) is 36.4 Å². The van der Waals surface area contributed by atoms with Crippen molar-refractivity contribution in [1.82, 2.24) is 15.8 Å². The maximum Gasteiger partial charge on any atom is 0.408 e. The van der Waals surface area contributed by atoms with E-state index in [-0.39, 0.29) is 11.6 Å². The molecule has 1 aliphatic heterocycles. The number of nitrogens with zero attached hydrogens (tertiary/aromatic N) is 1. The van der Waals surface area contributed by atoms with Gasteiger partial charge in [-0.05, 0) is 55.9 Å². The van der Waals surface area contributed by atoms with E-state index in [1.165, 1.54) is 5.01 Å². The molecule has 45 heavy (non-hydrogen) atoms. The van der Waals surface area contributed by atoms with Crippen LogP contribution in [0.25, 0.3) is 0 Å². The Bertz CT molecular complexity index is 1260. The third-order valence-electron chi connectivity index (χ3n) is 7.30. The molecular formula is C32H44Cl3N3O6Si. The van der Waals surface area contributed by atoms with Crippen molar-refractivity contribution >= 4 is 71.5 Å². The summed E-state index contributed by atoms with van der Waals surface area (Å²) in [4.78, 5) is 40.1. The van der Waals surface area contributed by atoms with Crippen LogP contribution >= 0.6 is 34.8 Å². The summed E-state index contributed by atoms with van der Waals surface area (Å²) < 4.78 is 16.1. The summed E-state index contributed by atoms with van der Waals surface area (Å²) in [6.45, 7) is 13.2. The Morgan fingerprint density at radius 1 is 0.956 bits per heavy atom. The molecular weight excluding hydrogens is 657 g/mol. The van der Waals surface area contributed by atoms with Gasteiger partial charge in [-0.15, -0.1) is 0 Å². The van der Waals surface area contributed by atoms with Gasteiger partial charge in [0.1, 0.15) is 24.3 Å². The van der Waals surface area contributed by atoms with Gasteiger partial charge in [-0.3, -0.25) is 14.6 Å². The third-order valence-corrected chi connectivity index (χ3v) is 12.8. The minimum Gasteiger partial charge on any atom is -0.460 e. The SMILES string of the molecule is C[C@@H](O[Si](c1ccccc1)(c1ccccc1)C(C)(C)C)[C@H](NC(=O)OC(C)(C)C)C(=O)N1CCCC(C(=O)OCC(Cl)(Cl)Cl)N1. The van der Waals surface area contributed by atoms with Gasteiger partial charge in [0.15, 0.2) is 0 Å². The molecule has 248 valence electrons. The number of alkyl halides is 3. The monoisotopic (exact) mass is 699 g/mol. The standard InChI is InChI=1S/C32H44Cl3N3O6Si/c1-22(44-45(31(5,6)7,23-15-10-8-11-16-23)24-17-12-9-13-18-24)26(36-29(41)43-30(2,3)4)27(39)38-20-14-19-25(37-38)28(40)42-21-32(33,34)35/h8-13,15-18,22,25-26,37H,14,19-21H2,1-7H3,(H,36,41)/t22-,25?,26+/m1/s1. The van der Waals surface area contributed by atoms with Crippen LogP contribution in [0.1, 0.15) is 61.3 Å². The second kappa shape index (κ2) is 15.0. The van der Waals surface area contributed by atoms with E-state index in [9.17, 15) is 14.4 Å². The lowest BCUT2D eigenvalue weighted by atomic mass is 10.1. The Kier molecular flexibility index (Phi) is 12.4. The number of benzene rings is 2. The number of alkyl carbamates (subject to hydrolysis) is 1. The molecule has 1 heterocycles. The first kappa shape index (κ1) is 37.1. The average Bonchev–Trinajstić information content (AvgIpc) is 2.96. The lowest BCUT2D eigenvalue weighted by Gasteiger charge is -2.46. The smallest absolute Gasteiger partial charge is 0.408 e. The molecule has 0 aliphatic carbocycles. The fraction of sp³-hybridized carbons (Fsp3) is 0.531. The highest BCUT2D eigenvalue weighted by Crippen LogP contribution is 2.38. The first-order valence-corrected chi connectivity index (χ1v) is 18.0. The van der Waals surface area contributed by atoms with Gasteiger partial charge in [0.2, 0.25) is 3.79 Å². The largest absolute Gasteiger partial charge is 0.460 e. The van der Waals surface area contributed by atoms with E-state index in [0.29, 0.717) is 12.8 Å². The van der Waals surface area contributed by atoms with Crippen molar-refractivity contribution in [2.45, 2.75) is 93.9 Å². The van der Waals surface area contributed by atoms with E-state index in [4.69, 9.17) is 48.7 Å². The van der Waals surface area contributed by atoms with Gasteiger partial charge >= 0.3 is 12.1 Å². The Hall–Kier alpha value is -2.34. The zero-order valence-electron chi connectivity index (χ0n) is 26.9. The summed E-state index contributed by atoms with van der Waals surface area (Å²) in [6.07, 6.45) is -0.694. The Morgan fingerprint density at radius 3 is 1.96 bits per heavy atom. The molecule has 2 aromatic carbocycles. The molecule has 1 aliphatic rings. The number of nitrogens with one attached hydrogen (secondary N) is 2. The number of rotatable bonds is 9. The van der Waals surface area contributed by atoms with Crippen molar-refractivity contribution in [2.24, 2.45) is 0 Å². The van der Waals surface area contributed by atoms with E-state index in [1.54, 1.807) is 27.7 Å². The van der Waals surface area contributed by atoms with Gasteiger partial charge in [0.25, 0.3) is 14.2 Å². The van der Waals surface area contributed by atoms with Crippen molar-refractivity contribution in [1.29, 1.82) is 0 Å². The Balaban J connectivity index is 2.00. The summed E-state index contributed by atoms with van der Waals surface area (Å²) in [6, 6.07) is 18.0. The zero-order valence-corrected chi connectivity index (χ0v) is 30.1. The number of amides is 2. The molecule has 0 bridgehead atoms. The lowest BCUT2D eigenvalue weighted by Crippen LogP contribution is -2.70. The van der Waals surface area contributed by atoms with E-state index < -0.39 is 60.5 Å². The van der Waals surface area contributed by atoms with Gasteiger partial charge in [0.05, 0.1) is 6.10 Å². The van der Waals surface area contributed by atoms with Crippen molar-refractivity contribution in [2.75, 3.05) is 13.2 Å². The lowest BCUT2D eigenvalue weighted by molar-refractivity contribution is -0.153. The molecule has 3 rings (SSSR count). The minimum atomic E-state index is -3.12. The van der Waals surface area contributed by atoms with Gasteiger partial charge in [-0.1, -0.05) is 116 Å². The molecule has 2 aromatic rings. The maximum atomic E-state index is 14.2. The molecule has 1 fully saturated rings. The number of esters is 1. The van der Waals surface area contributed by atoms with Gasteiger partial charge in [-0.25, -0.2) is 10.2 Å². The first-order chi connectivity index (χ1) is 20.8. The fourth-order valence-corrected chi connectivity index (χ4v) is 10.3. The average molecular weight is 701 g/mol. The fourth-order valence-electron chi connectivity index (χ4n) is 5.39. The van der Waals surface area contributed by atoms with Crippen molar-refractivity contribution < 1.29 is 28.3 Å². The van der Waals surface area contributed by atoms with Crippen molar-refractivity contribution in [3.8, 4) is 0 Å². The van der Waals surface area contributed by atoms with E-state index in [2.05, 4.69) is 55.8 Å². The predicted molar refractivity (Wildman–Crippen MR) is 180 cm³/mol. The Labute approximate surface area is 282 Å². The van der Waals surface area contributed by atoms with Gasteiger partial charge < -0.3 is 19.2 Å². The van der Waals surface area contributed by atoms with Gasteiger partial charge in [-0.2, -0.15) is 0 Å². The number of hydrogen-bond acceptors (Lipinski definition) is 7. The molecule has 0 saturated carbocycles. The van der Waals surface area contributed by atoms with Crippen LogP contribution in [0.4, 0.5) is 4.79 Å². The highest BCUT2D eigenvalue weighted by atomic mass is 35.6. The van der Waals surface area contributed by atoms with Crippen LogP contribution in [0.3, 0.4) is 0 Å². The zero-order chi connectivity index (χ0) is 33.6. The molecule has 0 aromatic heterocycles. The van der Waals surface area contributed by atoms with Crippen LogP contribution in [0.2, 0.25) is 5.04 Å². The van der Waals surface area contributed by atoms with Crippen LogP contribution in [-0.2, 0) is 23.5 Å². The molecule has 0 radical (unpaired) electrons. The number of carbonyl (C=O) groups is 3. The molecule has 1 saturated heterocycles. The first-order valence-electron chi connectivity index (χ1n) is 14.9. The van der Waals surface area contributed by atoms with Gasteiger partial charge in [0, 0.05) is 6.54 Å². The normalized spacial score (nSPS) is 17.6. The molecule has 2 amide bonds. The Morgan fingerprint density at radius 2 is 1.49 bits per heavy atom. The van der Waals surface area contributed by atoms with E-state index in [0.717, 1.165) is 10.4 Å². The van der Waals surface area contributed by atoms with Crippen LogP contribution in [0, 0.1) is 0 Å². The number of halogens is 3. The summed E-state index contributed by atoms with van der Waals surface area (Å²) >= 11 is 17.2. The molecule has 9 nitrogen and oxygen atoms in total. The van der Waals surface area contributed by atoms with Crippen molar-refractivity contribution in [3.05, 3.63) is 60.7 Å². The number of ether oxygens (including phenoxy) is 2. The molecule has 3 atom stereocenters. The molecule has 2 N–H and O–H groups in total. The van der Waals surface area contributed by atoms with Crippen LogP contribution in [0.15, 0.2) is 60.7 Å². The second-order valence-electron chi connectivity index (χ2n) is 13.1. The second-order valence-corrected chi connectivity index (χ2v) is 19.9. The predicted octanol–water partition coefficient (Wildman–Crippen LogP) is 5.25. The number of carbonyl (C=O) groups excluding carboxylic acids is 3. The highest BCUT2D eigenvalue weighted by Gasteiger charge is 2.52. The summed E-state index contributed by atoms with van der Waals surface area (Å²) in [5.41, 5.74) is 2.14. The minimum absolute atomic E-state index is 0.283. The van der Waals surface area contributed by atoms with Crippen LogP contribution < -0.4 is 21.1 Å².